The molecule has 1 saturated heterocycles. The Balaban J connectivity index is 2.03. The number of phenols is 1. The van der Waals surface area contributed by atoms with E-state index in [2.05, 4.69) is 5.18 Å². The molecule has 150 valence electrons. The number of rotatable bonds is 3. The summed E-state index contributed by atoms with van der Waals surface area (Å²) in [6.45, 7) is 1.09. The summed E-state index contributed by atoms with van der Waals surface area (Å²) in [5, 5.41) is 24.4. The number of piperidine rings is 1. The number of nitrogens with zero attached hydrogens (tertiary/aromatic N) is 2. The highest BCUT2D eigenvalue weighted by Crippen LogP contribution is 2.43. The number of phenolic OH excluding ortho intramolecular Hbond substituents is 1. The first-order valence-corrected chi connectivity index (χ1v) is 9.57. The molecule has 2 atom stereocenters. The van der Waals surface area contributed by atoms with Crippen LogP contribution in [0.5, 0.6) is 5.75 Å². The minimum absolute atomic E-state index is 0.0469. The van der Waals surface area contributed by atoms with Crippen molar-refractivity contribution in [1.29, 1.82) is 0 Å². The van der Waals surface area contributed by atoms with Crippen molar-refractivity contribution in [3.63, 3.8) is 0 Å². The molecule has 0 amide bonds. The zero-order valence-corrected chi connectivity index (χ0v) is 16.4. The lowest BCUT2D eigenvalue weighted by Gasteiger charge is -2.34. The van der Waals surface area contributed by atoms with E-state index in [1.54, 1.807) is 24.3 Å². The molecule has 3 aromatic rings. The molecule has 1 aliphatic rings. The molecule has 0 aliphatic carbocycles. The second-order valence-corrected chi connectivity index (χ2v) is 7.71. The molecule has 1 aromatic heterocycles. The lowest BCUT2D eigenvalue weighted by molar-refractivity contribution is 0.0641. The predicted octanol–water partition coefficient (Wildman–Crippen LogP) is 4.00. The number of halogens is 1. The predicted molar refractivity (Wildman–Crippen MR) is 111 cm³/mol. The monoisotopic (exact) mass is 414 g/mol. The normalized spacial score (nSPS) is 20.1. The third-order valence-corrected chi connectivity index (χ3v) is 5.72. The van der Waals surface area contributed by atoms with E-state index in [1.807, 2.05) is 11.9 Å². The Labute approximate surface area is 171 Å². The lowest BCUT2D eigenvalue weighted by atomic mass is 9.85. The van der Waals surface area contributed by atoms with Crippen molar-refractivity contribution in [2.75, 3.05) is 20.1 Å². The van der Waals surface area contributed by atoms with E-state index < -0.39 is 17.5 Å². The van der Waals surface area contributed by atoms with Gasteiger partial charge in [-0.15, -0.1) is 4.91 Å². The molecule has 0 spiro atoms. The Morgan fingerprint density at radius 3 is 2.72 bits per heavy atom. The standard InChI is InChI=1S/C21H19ClN2O5/c1-24-7-6-12(17(27)10-24)19-14(23-28)8-15(25)20-16(26)9-18(29-21(19)20)11-4-2-3-5-13(11)22/h2-5,8-9,12,17,25,27H,6-7,10H2,1H3/t12-,17+/m0/s1. The van der Waals surface area contributed by atoms with Gasteiger partial charge in [-0.3, -0.25) is 4.79 Å². The number of hydrogen-bond donors (Lipinski definition) is 2. The molecule has 29 heavy (non-hydrogen) atoms. The van der Waals surface area contributed by atoms with Gasteiger partial charge in [0.2, 0.25) is 0 Å². The van der Waals surface area contributed by atoms with E-state index in [1.165, 1.54) is 6.07 Å². The van der Waals surface area contributed by atoms with Gasteiger partial charge in [0.15, 0.2) is 5.43 Å². The van der Waals surface area contributed by atoms with Crippen molar-refractivity contribution in [2.24, 2.45) is 5.18 Å². The van der Waals surface area contributed by atoms with Crippen LogP contribution >= 0.6 is 11.6 Å². The maximum absolute atomic E-state index is 12.8. The van der Waals surface area contributed by atoms with Crippen LogP contribution in [-0.2, 0) is 0 Å². The molecule has 8 heteroatoms. The third kappa shape index (κ3) is 3.42. The van der Waals surface area contributed by atoms with Crippen molar-refractivity contribution in [3.05, 3.63) is 62.1 Å². The zero-order valence-electron chi connectivity index (χ0n) is 15.6. The van der Waals surface area contributed by atoms with Gasteiger partial charge in [0.1, 0.15) is 28.2 Å². The van der Waals surface area contributed by atoms with Crippen molar-refractivity contribution < 1.29 is 14.6 Å². The summed E-state index contributed by atoms with van der Waals surface area (Å²) < 4.78 is 6.02. The molecule has 0 radical (unpaired) electrons. The van der Waals surface area contributed by atoms with Gasteiger partial charge >= 0.3 is 0 Å². The van der Waals surface area contributed by atoms with Crippen molar-refractivity contribution in [3.8, 4) is 17.1 Å². The summed E-state index contributed by atoms with van der Waals surface area (Å²) in [6.07, 6.45) is -0.239. The Morgan fingerprint density at radius 1 is 1.28 bits per heavy atom. The number of fused-ring (bicyclic) bond motifs is 1. The van der Waals surface area contributed by atoms with Crippen LogP contribution in [0.4, 0.5) is 5.69 Å². The van der Waals surface area contributed by atoms with E-state index >= 15 is 0 Å². The van der Waals surface area contributed by atoms with Crippen LogP contribution in [0.25, 0.3) is 22.3 Å². The van der Waals surface area contributed by atoms with Crippen LogP contribution < -0.4 is 5.43 Å². The fourth-order valence-corrected chi connectivity index (χ4v) is 4.20. The fraction of sp³-hybridized carbons (Fsp3) is 0.286. The smallest absolute Gasteiger partial charge is 0.197 e. The second-order valence-electron chi connectivity index (χ2n) is 7.30. The number of β-amino-alcohol motifs (C(OH)–C–C–N with tert-alkyl or cyclic N) is 1. The van der Waals surface area contributed by atoms with Crippen molar-refractivity contribution in [2.45, 2.75) is 18.4 Å². The molecule has 7 nitrogen and oxygen atoms in total. The SMILES string of the molecule is CN1CC[C@H](c2c(N=O)cc(O)c3c(=O)cc(-c4ccccc4Cl)oc23)[C@H](O)C1. The minimum atomic E-state index is -0.781. The number of likely N-dealkylation sites (N-methyl/N-ethyl adjacent to an activating group) is 1. The topological polar surface area (TPSA) is 103 Å². The first-order chi connectivity index (χ1) is 13.9. The molecular formula is C21H19ClN2O5. The van der Waals surface area contributed by atoms with Crippen LogP contribution in [-0.4, -0.2) is 41.4 Å². The first-order valence-electron chi connectivity index (χ1n) is 9.19. The van der Waals surface area contributed by atoms with Crippen molar-refractivity contribution in [1.82, 2.24) is 4.90 Å². The Morgan fingerprint density at radius 2 is 2.03 bits per heavy atom. The van der Waals surface area contributed by atoms with E-state index in [4.69, 9.17) is 16.0 Å². The van der Waals surface area contributed by atoms with Crippen LogP contribution in [0, 0.1) is 4.91 Å². The number of aliphatic hydroxyl groups is 1. The summed E-state index contributed by atoms with van der Waals surface area (Å²) >= 11 is 6.25. The van der Waals surface area contributed by atoms with E-state index in [0.29, 0.717) is 35.7 Å². The Hall–Kier alpha value is -2.74. The average Bonchev–Trinajstić information content (AvgIpc) is 2.68. The van der Waals surface area contributed by atoms with Gasteiger partial charge in [-0.05, 0) is 37.3 Å². The quantitative estimate of drug-likeness (QED) is 0.628. The van der Waals surface area contributed by atoms with Crippen LogP contribution in [0.1, 0.15) is 17.9 Å². The first kappa shape index (κ1) is 19.6. The molecule has 2 N–H and O–H groups in total. The molecule has 0 saturated carbocycles. The van der Waals surface area contributed by atoms with Gasteiger partial charge in [-0.1, -0.05) is 23.7 Å². The maximum Gasteiger partial charge on any atom is 0.197 e. The summed E-state index contributed by atoms with van der Waals surface area (Å²) in [7, 11) is 1.89. The Bertz CT molecular complexity index is 1160. The highest BCUT2D eigenvalue weighted by molar-refractivity contribution is 6.33. The highest BCUT2D eigenvalue weighted by Gasteiger charge is 2.33. The molecule has 1 aliphatic heterocycles. The van der Waals surface area contributed by atoms with Gasteiger partial charge < -0.3 is 19.5 Å². The molecule has 4 rings (SSSR count). The largest absolute Gasteiger partial charge is 0.507 e. The molecule has 1 fully saturated rings. The minimum Gasteiger partial charge on any atom is -0.507 e. The van der Waals surface area contributed by atoms with Crippen molar-refractivity contribution >= 4 is 28.3 Å². The number of likely N-dealkylation sites (tertiary alicyclic amines) is 1. The van der Waals surface area contributed by atoms with Gasteiger partial charge in [0.25, 0.3) is 0 Å². The van der Waals surface area contributed by atoms with E-state index in [0.717, 1.165) is 6.07 Å². The third-order valence-electron chi connectivity index (χ3n) is 5.39. The molecule has 2 aromatic carbocycles. The average molecular weight is 415 g/mol. The molecule has 2 heterocycles. The molecule has 0 unspecified atom stereocenters. The number of aliphatic hydroxyl groups excluding tert-OH is 1. The summed E-state index contributed by atoms with van der Waals surface area (Å²) in [5.41, 5.74) is 0.366. The van der Waals surface area contributed by atoms with E-state index in [9.17, 15) is 19.9 Å². The number of benzene rings is 2. The Kier molecular flexibility index (Phi) is 5.12. The highest BCUT2D eigenvalue weighted by atomic mass is 35.5. The number of hydrogen-bond acceptors (Lipinski definition) is 7. The maximum atomic E-state index is 12.8. The summed E-state index contributed by atoms with van der Waals surface area (Å²) in [4.78, 5) is 26.3. The second kappa shape index (κ2) is 7.59. The van der Waals surface area contributed by atoms with Crippen LogP contribution in [0.3, 0.4) is 0 Å². The lowest BCUT2D eigenvalue weighted by Crippen LogP contribution is -2.40. The van der Waals surface area contributed by atoms with Gasteiger partial charge in [-0.2, -0.15) is 0 Å². The summed E-state index contributed by atoms with van der Waals surface area (Å²) in [6, 6.07) is 9.30. The van der Waals surface area contributed by atoms with Crippen LogP contribution in [0.15, 0.2) is 50.8 Å². The van der Waals surface area contributed by atoms with Gasteiger partial charge in [0.05, 0.1) is 11.1 Å². The van der Waals surface area contributed by atoms with E-state index in [-0.39, 0.29) is 28.2 Å². The number of nitroso groups, excluding NO2 is 1. The fourth-order valence-electron chi connectivity index (χ4n) is 3.98. The zero-order chi connectivity index (χ0) is 20.7. The molecule has 0 bridgehead atoms. The summed E-state index contributed by atoms with van der Waals surface area (Å²) in [5.74, 6) is -0.647. The van der Waals surface area contributed by atoms with Crippen LogP contribution in [0.2, 0.25) is 5.02 Å². The van der Waals surface area contributed by atoms with Gasteiger partial charge in [0, 0.05) is 35.7 Å². The number of aromatic hydroxyl groups is 1. The van der Waals surface area contributed by atoms with Gasteiger partial charge in [-0.25, -0.2) is 0 Å². The molecular weight excluding hydrogens is 396 g/mol.